The molecule has 0 saturated carbocycles. The van der Waals surface area contributed by atoms with Gasteiger partial charge in [-0.25, -0.2) is 4.39 Å². The molecule has 0 N–H and O–H groups in total. The molecule has 1 heterocycles. The monoisotopic (exact) mass is 200 g/mol. The number of hydrogen-bond acceptors (Lipinski definition) is 2. The maximum atomic E-state index is 12.7. The molecule has 2 nitrogen and oxygen atoms in total. The van der Waals surface area contributed by atoms with Crippen molar-refractivity contribution in [3.63, 3.8) is 0 Å². The number of aromatic nitrogens is 1. The van der Waals surface area contributed by atoms with E-state index in [1.54, 1.807) is 30.7 Å². The summed E-state index contributed by atoms with van der Waals surface area (Å²) < 4.78 is 12.7. The van der Waals surface area contributed by atoms with Gasteiger partial charge in [-0.15, -0.1) is 0 Å². The Morgan fingerprint density at radius 1 is 1.07 bits per heavy atom. The molecule has 73 valence electrons. The van der Waals surface area contributed by atoms with Crippen LogP contribution in [0.25, 0.3) is 11.1 Å². The van der Waals surface area contributed by atoms with Gasteiger partial charge in [0.05, 0.1) is 0 Å². The van der Waals surface area contributed by atoms with E-state index in [1.165, 1.54) is 18.3 Å². The van der Waals surface area contributed by atoms with E-state index in [4.69, 9.17) is 0 Å². The summed E-state index contributed by atoms with van der Waals surface area (Å²) in [6.07, 6.45) is 4.81. The molecule has 0 spiro atoms. The zero-order valence-electron chi connectivity index (χ0n) is 7.77. The van der Waals surface area contributed by atoms with Crippen molar-refractivity contribution in [2.24, 2.45) is 0 Å². The summed E-state index contributed by atoms with van der Waals surface area (Å²) in [5.41, 5.74) is 1.98. The fraction of sp³-hybridized carbons (Fsp3) is 0. The predicted octanol–water partition coefficient (Wildman–Crippen LogP) is 2.35. The summed E-state index contributed by atoms with van der Waals surface area (Å²) in [5, 5.41) is 0. The first kappa shape index (κ1) is 9.52. The zero-order chi connectivity index (χ0) is 10.7. The molecule has 15 heavy (non-hydrogen) atoms. The van der Waals surface area contributed by atoms with Crippen LogP contribution in [0.3, 0.4) is 0 Å². The van der Waals surface area contributed by atoms with Crippen molar-refractivity contribution in [3.8, 4) is 11.1 Å². The molecule has 0 aliphatic rings. The lowest BCUT2D eigenvalue weighted by Gasteiger charge is -2.00. The van der Waals surface area contributed by atoms with Crippen molar-refractivity contribution in [1.29, 1.82) is 0 Å². The third-order valence-corrected chi connectivity index (χ3v) is 2.03. The fourth-order valence-electron chi connectivity index (χ4n) is 1.30. The second kappa shape index (κ2) is 4.00. The topological polar surface area (TPSA) is 30.0 Å². The van der Waals surface area contributed by atoms with Crippen LogP contribution in [0.1, 0.15) is 5.56 Å². The van der Waals surface area contributed by atoms with Crippen LogP contribution in [-0.4, -0.2) is 11.3 Å². The zero-order valence-corrected chi connectivity index (χ0v) is 7.77. The second-order valence-electron chi connectivity index (χ2n) is 3.07. The molecule has 0 amide bonds. The van der Waals surface area contributed by atoms with E-state index >= 15 is 0 Å². The molecule has 1 aromatic heterocycles. The molecule has 2 aromatic rings. The van der Waals surface area contributed by atoms with Crippen LogP contribution in [0.4, 0.5) is 4.39 Å². The molecule has 0 saturated heterocycles. The summed E-state index contributed by atoms with van der Waals surface area (Å²) in [6, 6.07) is 7.67. The fourth-order valence-corrected chi connectivity index (χ4v) is 1.30. The van der Waals surface area contributed by atoms with Crippen molar-refractivity contribution in [1.82, 2.24) is 4.98 Å². The average Bonchev–Trinajstić information content (AvgIpc) is 2.30. The Kier molecular flexibility index (Phi) is 2.54. The van der Waals surface area contributed by atoms with Gasteiger partial charge in [-0.1, -0.05) is 12.1 Å². The first-order chi connectivity index (χ1) is 7.29. The van der Waals surface area contributed by atoms with Gasteiger partial charge in [0.15, 0.2) is 0 Å². The van der Waals surface area contributed by atoms with E-state index < -0.39 is 0 Å². The number of rotatable bonds is 2. The van der Waals surface area contributed by atoms with Gasteiger partial charge in [-0.3, -0.25) is 9.78 Å². The highest BCUT2D eigenvalue weighted by atomic mass is 19.1. The minimum atomic E-state index is -0.287. The second-order valence-corrected chi connectivity index (χ2v) is 3.07. The van der Waals surface area contributed by atoms with Gasteiger partial charge < -0.3 is 0 Å². The van der Waals surface area contributed by atoms with E-state index in [9.17, 15) is 9.18 Å². The Balaban J connectivity index is 2.44. The standard InChI is InChI=1S/C12H7FNO/c13-12-3-1-10(2-4-12)11-5-9(8-15)6-14-7-11/h1-7H. The summed E-state index contributed by atoms with van der Waals surface area (Å²) in [7, 11) is 0. The van der Waals surface area contributed by atoms with Crippen molar-refractivity contribution in [2.75, 3.05) is 0 Å². The molecule has 2 rings (SSSR count). The number of benzene rings is 1. The Morgan fingerprint density at radius 2 is 1.80 bits per heavy atom. The number of carbonyl (C=O) groups excluding carboxylic acids is 1. The SMILES string of the molecule is O=[C]c1cncc(-c2ccc(F)cc2)c1. The maximum Gasteiger partial charge on any atom is 0.235 e. The first-order valence-electron chi connectivity index (χ1n) is 4.39. The van der Waals surface area contributed by atoms with Crippen LogP contribution in [0.15, 0.2) is 42.7 Å². The van der Waals surface area contributed by atoms with Crippen LogP contribution in [-0.2, 0) is 4.79 Å². The summed E-state index contributed by atoms with van der Waals surface area (Å²) >= 11 is 0. The van der Waals surface area contributed by atoms with Gasteiger partial charge in [0.25, 0.3) is 0 Å². The van der Waals surface area contributed by atoms with Crippen molar-refractivity contribution in [2.45, 2.75) is 0 Å². The molecule has 0 aliphatic carbocycles. The van der Waals surface area contributed by atoms with Crippen LogP contribution < -0.4 is 0 Å². The van der Waals surface area contributed by atoms with Crippen molar-refractivity contribution in [3.05, 3.63) is 54.1 Å². The number of halogens is 1. The molecule has 1 radical (unpaired) electrons. The van der Waals surface area contributed by atoms with Crippen LogP contribution >= 0.6 is 0 Å². The Hall–Kier alpha value is -2.03. The van der Waals surface area contributed by atoms with Crippen molar-refractivity contribution < 1.29 is 9.18 Å². The molecule has 1 aromatic carbocycles. The molecule has 3 heteroatoms. The molecular formula is C12H7FNO. The Bertz CT molecular complexity index is 479. The van der Waals surface area contributed by atoms with Gasteiger partial charge in [0.2, 0.25) is 6.29 Å². The van der Waals surface area contributed by atoms with E-state index in [-0.39, 0.29) is 5.82 Å². The maximum absolute atomic E-state index is 12.7. The number of nitrogens with zero attached hydrogens (tertiary/aromatic N) is 1. The lowest BCUT2D eigenvalue weighted by molar-refractivity contribution is 0.562. The van der Waals surface area contributed by atoms with Crippen LogP contribution in [0.5, 0.6) is 0 Å². The van der Waals surface area contributed by atoms with Gasteiger partial charge >= 0.3 is 0 Å². The minimum Gasteiger partial charge on any atom is -0.285 e. The summed E-state index contributed by atoms with van der Waals surface area (Å²) in [4.78, 5) is 14.3. The van der Waals surface area contributed by atoms with Crippen LogP contribution in [0, 0.1) is 5.82 Å². The van der Waals surface area contributed by atoms with E-state index in [1.807, 2.05) is 0 Å². The highest BCUT2D eigenvalue weighted by Gasteiger charge is 2.00. The number of hydrogen-bond donors (Lipinski definition) is 0. The van der Waals surface area contributed by atoms with E-state index in [2.05, 4.69) is 4.98 Å². The highest BCUT2D eigenvalue weighted by molar-refractivity contribution is 5.78. The third-order valence-electron chi connectivity index (χ3n) is 2.03. The normalized spacial score (nSPS) is 9.93. The number of pyridine rings is 1. The molecule has 0 unspecified atom stereocenters. The Labute approximate surface area is 86.4 Å². The average molecular weight is 200 g/mol. The highest BCUT2D eigenvalue weighted by Crippen LogP contribution is 2.18. The molecule has 0 bridgehead atoms. The lowest BCUT2D eigenvalue weighted by atomic mass is 10.1. The van der Waals surface area contributed by atoms with E-state index in [0.717, 1.165) is 11.1 Å². The smallest absolute Gasteiger partial charge is 0.235 e. The largest absolute Gasteiger partial charge is 0.285 e. The van der Waals surface area contributed by atoms with Crippen LogP contribution in [0.2, 0.25) is 0 Å². The minimum absolute atomic E-state index is 0.287. The lowest BCUT2D eigenvalue weighted by Crippen LogP contribution is -1.86. The van der Waals surface area contributed by atoms with Gasteiger partial charge in [-0.2, -0.15) is 0 Å². The first-order valence-corrected chi connectivity index (χ1v) is 4.39. The molecule has 0 atom stereocenters. The molecule has 0 fully saturated rings. The van der Waals surface area contributed by atoms with E-state index in [0.29, 0.717) is 5.56 Å². The molecule has 0 aliphatic heterocycles. The van der Waals surface area contributed by atoms with Gasteiger partial charge in [-0.05, 0) is 23.8 Å². The summed E-state index contributed by atoms with van der Waals surface area (Å²) in [5.74, 6) is -0.287. The van der Waals surface area contributed by atoms with Gasteiger partial charge in [0.1, 0.15) is 5.82 Å². The Morgan fingerprint density at radius 3 is 2.47 bits per heavy atom. The third kappa shape index (κ3) is 2.07. The molecular weight excluding hydrogens is 193 g/mol. The summed E-state index contributed by atoms with van der Waals surface area (Å²) in [6.45, 7) is 0. The van der Waals surface area contributed by atoms with Crippen molar-refractivity contribution >= 4 is 6.29 Å². The van der Waals surface area contributed by atoms with Gasteiger partial charge in [0, 0.05) is 23.5 Å². The quantitative estimate of drug-likeness (QED) is 0.744. The predicted molar refractivity (Wildman–Crippen MR) is 54.4 cm³/mol.